The molecule has 0 saturated carbocycles. The van der Waals surface area contributed by atoms with Gasteiger partial charge in [-0.15, -0.1) is 0 Å². The van der Waals surface area contributed by atoms with Crippen LogP contribution in [0.5, 0.6) is 0 Å². The van der Waals surface area contributed by atoms with Crippen LogP contribution in [0.2, 0.25) is 0 Å². The van der Waals surface area contributed by atoms with Crippen molar-refractivity contribution in [1.29, 1.82) is 0 Å². The lowest BCUT2D eigenvalue weighted by Gasteiger charge is -2.14. The molecule has 0 fully saturated rings. The summed E-state index contributed by atoms with van der Waals surface area (Å²) < 4.78 is 5.03. The molecule has 1 amide bonds. The van der Waals surface area contributed by atoms with Crippen LogP contribution in [0.15, 0.2) is 4.52 Å². The smallest absolute Gasteiger partial charge is 0.305 e. The van der Waals surface area contributed by atoms with Crippen LogP contribution in [0.25, 0.3) is 0 Å². The Bertz CT molecular complexity index is 445. The zero-order valence-corrected chi connectivity index (χ0v) is 11.9. The van der Waals surface area contributed by atoms with Crippen molar-refractivity contribution in [2.45, 2.75) is 58.4 Å². The second-order valence-corrected chi connectivity index (χ2v) is 4.62. The van der Waals surface area contributed by atoms with Gasteiger partial charge in [-0.1, -0.05) is 19.0 Å². The van der Waals surface area contributed by atoms with E-state index < -0.39 is 5.97 Å². The maximum Gasteiger partial charge on any atom is 0.305 e. The Kier molecular flexibility index (Phi) is 6.69. The maximum atomic E-state index is 11.7. The summed E-state index contributed by atoms with van der Waals surface area (Å²) in [5.41, 5.74) is 0. The van der Waals surface area contributed by atoms with Crippen molar-refractivity contribution >= 4 is 11.9 Å². The Morgan fingerprint density at radius 1 is 1.35 bits per heavy atom. The molecule has 20 heavy (non-hydrogen) atoms. The highest BCUT2D eigenvalue weighted by Crippen LogP contribution is 2.04. The summed E-state index contributed by atoms with van der Waals surface area (Å²) in [7, 11) is 0. The van der Waals surface area contributed by atoms with Crippen LogP contribution in [-0.4, -0.2) is 33.2 Å². The highest BCUT2D eigenvalue weighted by molar-refractivity contribution is 5.77. The van der Waals surface area contributed by atoms with Gasteiger partial charge in [0.2, 0.25) is 11.8 Å². The van der Waals surface area contributed by atoms with Crippen molar-refractivity contribution in [3.63, 3.8) is 0 Å². The van der Waals surface area contributed by atoms with Crippen molar-refractivity contribution in [3.8, 4) is 0 Å². The monoisotopic (exact) mass is 283 g/mol. The second-order valence-electron chi connectivity index (χ2n) is 4.62. The van der Waals surface area contributed by atoms with Gasteiger partial charge in [0.05, 0.1) is 6.42 Å². The Morgan fingerprint density at radius 3 is 2.70 bits per heavy atom. The third kappa shape index (κ3) is 5.81. The van der Waals surface area contributed by atoms with Gasteiger partial charge >= 0.3 is 5.97 Å². The van der Waals surface area contributed by atoms with Crippen molar-refractivity contribution in [2.24, 2.45) is 0 Å². The SMILES string of the molecule is CCCc1noc(CCC(=O)NC(CC)CC(=O)O)n1. The zero-order valence-electron chi connectivity index (χ0n) is 11.9. The van der Waals surface area contributed by atoms with Crippen molar-refractivity contribution in [3.05, 3.63) is 11.7 Å². The first-order chi connectivity index (χ1) is 9.55. The predicted octanol–water partition coefficient (Wildman–Crippen LogP) is 1.32. The van der Waals surface area contributed by atoms with E-state index in [0.717, 1.165) is 12.8 Å². The summed E-state index contributed by atoms with van der Waals surface area (Å²) in [4.78, 5) is 26.5. The van der Waals surface area contributed by atoms with Gasteiger partial charge in [0.25, 0.3) is 0 Å². The largest absolute Gasteiger partial charge is 0.481 e. The number of carbonyl (C=O) groups excluding carboxylic acids is 1. The Morgan fingerprint density at radius 2 is 2.10 bits per heavy atom. The Balaban J connectivity index is 2.36. The van der Waals surface area contributed by atoms with Gasteiger partial charge in [0.1, 0.15) is 0 Å². The molecule has 1 unspecified atom stereocenters. The summed E-state index contributed by atoms with van der Waals surface area (Å²) in [6.45, 7) is 3.86. The molecule has 1 aromatic rings. The van der Waals surface area contributed by atoms with E-state index in [9.17, 15) is 9.59 Å². The van der Waals surface area contributed by atoms with Gasteiger partial charge in [-0.25, -0.2) is 0 Å². The fraction of sp³-hybridized carbons (Fsp3) is 0.692. The number of nitrogens with one attached hydrogen (secondary N) is 1. The fourth-order valence-electron chi connectivity index (χ4n) is 1.75. The summed E-state index contributed by atoms with van der Waals surface area (Å²) in [5.74, 6) is -0.0262. The molecular formula is C13H21N3O4. The van der Waals surface area contributed by atoms with Gasteiger partial charge in [0.15, 0.2) is 5.82 Å². The van der Waals surface area contributed by atoms with E-state index in [1.165, 1.54) is 0 Å². The predicted molar refractivity (Wildman–Crippen MR) is 71.1 cm³/mol. The number of aryl methyl sites for hydroxylation is 2. The molecule has 1 heterocycles. The molecule has 0 radical (unpaired) electrons. The van der Waals surface area contributed by atoms with Crippen LogP contribution in [-0.2, 0) is 22.4 Å². The summed E-state index contributed by atoms with van der Waals surface area (Å²) >= 11 is 0. The standard InChI is InChI=1S/C13H21N3O4/c1-3-5-10-15-12(20-16-10)7-6-11(17)14-9(4-2)8-13(18)19/h9H,3-8H2,1-2H3,(H,14,17)(H,18,19). The third-order valence-electron chi connectivity index (χ3n) is 2.83. The summed E-state index contributed by atoms with van der Waals surface area (Å²) in [6.07, 6.45) is 2.79. The number of carbonyl (C=O) groups is 2. The molecule has 0 saturated heterocycles. The molecule has 0 aliphatic carbocycles. The maximum absolute atomic E-state index is 11.7. The summed E-state index contributed by atoms with van der Waals surface area (Å²) in [6, 6.07) is -0.335. The van der Waals surface area contributed by atoms with Crippen LogP contribution in [0.4, 0.5) is 0 Å². The van der Waals surface area contributed by atoms with Gasteiger partial charge in [-0.2, -0.15) is 4.98 Å². The molecule has 2 N–H and O–H groups in total. The normalized spacial score (nSPS) is 12.1. The third-order valence-corrected chi connectivity index (χ3v) is 2.83. The number of rotatable bonds is 9. The van der Waals surface area contributed by atoms with Gasteiger partial charge < -0.3 is 14.9 Å². The Labute approximate surface area is 117 Å². The van der Waals surface area contributed by atoms with Crippen LogP contribution in [0, 0.1) is 0 Å². The first-order valence-corrected chi connectivity index (χ1v) is 6.87. The average molecular weight is 283 g/mol. The van der Waals surface area contributed by atoms with Crippen LogP contribution >= 0.6 is 0 Å². The number of carboxylic acids is 1. The van der Waals surface area contributed by atoms with Crippen LogP contribution in [0.1, 0.15) is 51.2 Å². The molecule has 0 aliphatic heterocycles. The average Bonchev–Trinajstić information content (AvgIpc) is 2.83. The lowest BCUT2D eigenvalue weighted by atomic mass is 10.1. The van der Waals surface area contributed by atoms with E-state index in [1.54, 1.807) is 0 Å². The number of aliphatic carboxylic acids is 1. The number of carboxylic acid groups (broad SMARTS) is 1. The number of hydrogen-bond acceptors (Lipinski definition) is 5. The number of nitrogens with zero attached hydrogens (tertiary/aromatic N) is 2. The van der Waals surface area contributed by atoms with Crippen LogP contribution in [0.3, 0.4) is 0 Å². The first-order valence-electron chi connectivity index (χ1n) is 6.87. The van der Waals surface area contributed by atoms with Gasteiger partial charge in [0, 0.05) is 25.3 Å². The first kappa shape index (κ1) is 16.1. The molecule has 1 atom stereocenters. The van der Waals surface area contributed by atoms with Gasteiger partial charge in [-0.3, -0.25) is 9.59 Å². The van der Waals surface area contributed by atoms with Crippen molar-refractivity contribution < 1.29 is 19.2 Å². The molecule has 0 aromatic carbocycles. The summed E-state index contributed by atoms with van der Waals surface area (Å²) in [5, 5.41) is 15.2. The number of hydrogen-bond donors (Lipinski definition) is 2. The molecule has 7 nitrogen and oxygen atoms in total. The van der Waals surface area contributed by atoms with Gasteiger partial charge in [-0.05, 0) is 12.8 Å². The molecule has 0 bridgehead atoms. The topological polar surface area (TPSA) is 105 Å². The van der Waals surface area contributed by atoms with Crippen molar-refractivity contribution in [2.75, 3.05) is 0 Å². The highest BCUT2D eigenvalue weighted by atomic mass is 16.5. The van der Waals surface area contributed by atoms with Crippen molar-refractivity contribution in [1.82, 2.24) is 15.5 Å². The quantitative estimate of drug-likeness (QED) is 0.708. The number of aromatic nitrogens is 2. The molecule has 7 heteroatoms. The minimum absolute atomic E-state index is 0.0660. The zero-order chi connectivity index (χ0) is 15.0. The van der Waals surface area contributed by atoms with E-state index in [2.05, 4.69) is 15.5 Å². The molecule has 1 aromatic heterocycles. The lowest BCUT2D eigenvalue weighted by molar-refractivity contribution is -0.137. The Hall–Kier alpha value is -1.92. The number of amides is 1. The van der Waals surface area contributed by atoms with E-state index in [4.69, 9.17) is 9.63 Å². The molecular weight excluding hydrogens is 262 g/mol. The van der Waals surface area contributed by atoms with Crippen LogP contribution < -0.4 is 5.32 Å². The molecule has 0 spiro atoms. The molecule has 112 valence electrons. The van der Waals surface area contributed by atoms with E-state index in [-0.39, 0.29) is 24.8 Å². The molecule has 0 aliphatic rings. The lowest BCUT2D eigenvalue weighted by Crippen LogP contribution is -2.36. The highest BCUT2D eigenvalue weighted by Gasteiger charge is 2.15. The molecule has 1 rings (SSSR count). The fourth-order valence-corrected chi connectivity index (χ4v) is 1.75. The minimum Gasteiger partial charge on any atom is -0.481 e. The van der Waals surface area contributed by atoms with E-state index in [0.29, 0.717) is 24.6 Å². The van der Waals surface area contributed by atoms with E-state index in [1.807, 2.05) is 13.8 Å². The minimum atomic E-state index is -0.918. The van der Waals surface area contributed by atoms with E-state index >= 15 is 0 Å². The second kappa shape index (κ2) is 8.29.